The second kappa shape index (κ2) is 6.10. The molecule has 23 heavy (non-hydrogen) atoms. The Kier molecular flexibility index (Phi) is 3.95. The molecule has 0 spiro atoms. The molecule has 0 N–H and O–H groups in total. The molecule has 1 amide bonds. The number of carbonyl (C=O) groups excluding carboxylic acids is 1. The minimum Gasteiger partial charge on any atom is -0.336 e. The smallest absolute Gasteiger partial charge is 0.263 e. The molecule has 3 heterocycles. The van der Waals surface area contributed by atoms with E-state index in [2.05, 4.69) is 36.1 Å². The van der Waals surface area contributed by atoms with Crippen molar-refractivity contribution < 1.29 is 4.79 Å². The summed E-state index contributed by atoms with van der Waals surface area (Å²) in [5, 5.41) is 0. The Balaban J connectivity index is 1.42. The van der Waals surface area contributed by atoms with Crippen molar-refractivity contribution in [2.24, 2.45) is 0 Å². The number of rotatable bonds is 2. The van der Waals surface area contributed by atoms with Gasteiger partial charge in [-0.2, -0.15) is 0 Å². The first-order valence-electron chi connectivity index (χ1n) is 8.37. The molecule has 1 unspecified atom stereocenters. The summed E-state index contributed by atoms with van der Waals surface area (Å²) in [6.45, 7) is 5.96. The predicted molar refractivity (Wildman–Crippen MR) is 93.9 cm³/mol. The van der Waals surface area contributed by atoms with Crippen molar-refractivity contribution in [2.75, 3.05) is 19.6 Å². The van der Waals surface area contributed by atoms with E-state index in [1.165, 1.54) is 16.0 Å². The van der Waals surface area contributed by atoms with Crippen LogP contribution < -0.4 is 0 Å². The Labute approximate surface area is 141 Å². The number of fused-ring (bicyclic) bond motifs is 1. The number of likely N-dealkylation sites (tertiary alicyclic amines) is 1. The van der Waals surface area contributed by atoms with Crippen LogP contribution in [-0.2, 0) is 13.0 Å². The summed E-state index contributed by atoms with van der Waals surface area (Å²) in [6.07, 6.45) is 2.23. The van der Waals surface area contributed by atoms with E-state index in [-0.39, 0.29) is 5.91 Å². The Bertz CT molecular complexity index is 724. The van der Waals surface area contributed by atoms with Crippen LogP contribution in [-0.4, -0.2) is 41.4 Å². The molecule has 0 bridgehead atoms. The molecule has 2 aliphatic heterocycles. The van der Waals surface area contributed by atoms with Crippen molar-refractivity contribution in [3.05, 3.63) is 57.3 Å². The molecular formula is C19H22N2OS. The van der Waals surface area contributed by atoms with Gasteiger partial charge < -0.3 is 4.90 Å². The van der Waals surface area contributed by atoms with Gasteiger partial charge in [0, 0.05) is 37.1 Å². The molecule has 4 heteroatoms. The van der Waals surface area contributed by atoms with Crippen LogP contribution in [0.1, 0.15) is 32.1 Å². The molecule has 1 saturated heterocycles. The first kappa shape index (κ1) is 14.9. The van der Waals surface area contributed by atoms with Crippen molar-refractivity contribution in [1.29, 1.82) is 0 Å². The van der Waals surface area contributed by atoms with Crippen LogP contribution >= 0.6 is 11.3 Å². The molecule has 2 aliphatic rings. The van der Waals surface area contributed by atoms with Crippen molar-refractivity contribution >= 4 is 17.2 Å². The van der Waals surface area contributed by atoms with E-state index in [1.54, 1.807) is 11.3 Å². The van der Waals surface area contributed by atoms with Gasteiger partial charge in [0.05, 0.1) is 4.88 Å². The first-order chi connectivity index (χ1) is 11.2. The molecule has 0 aliphatic carbocycles. The number of amides is 1. The van der Waals surface area contributed by atoms with Crippen LogP contribution in [0.4, 0.5) is 0 Å². The van der Waals surface area contributed by atoms with E-state index in [0.29, 0.717) is 6.04 Å². The van der Waals surface area contributed by atoms with Crippen molar-refractivity contribution in [3.8, 4) is 0 Å². The summed E-state index contributed by atoms with van der Waals surface area (Å²) in [5.41, 5.74) is 2.95. The van der Waals surface area contributed by atoms with E-state index in [9.17, 15) is 4.79 Å². The lowest BCUT2D eigenvalue weighted by Gasteiger charge is -2.33. The molecule has 3 nitrogen and oxygen atoms in total. The van der Waals surface area contributed by atoms with Crippen LogP contribution in [0.5, 0.6) is 0 Å². The van der Waals surface area contributed by atoms with Gasteiger partial charge in [-0.25, -0.2) is 0 Å². The van der Waals surface area contributed by atoms with Crippen molar-refractivity contribution in [1.82, 2.24) is 9.80 Å². The van der Waals surface area contributed by atoms with Gasteiger partial charge in [0.15, 0.2) is 0 Å². The fourth-order valence-corrected chi connectivity index (χ4v) is 4.59. The Morgan fingerprint density at radius 2 is 1.96 bits per heavy atom. The zero-order valence-corrected chi connectivity index (χ0v) is 14.3. The Hall–Kier alpha value is -1.65. The number of hydrogen-bond donors (Lipinski definition) is 0. The van der Waals surface area contributed by atoms with E-state index < -0.39 is 0 Å². The summed E-state index contributed by atoms with van der Waals surface area (Å²) in [7, 11) is 0. The summed E-state index contributed by atoms with van der Waals surface area (Å²) < 4.78 is 0. The van der Waals surface area contributed by atoms with E-state index in [0.717, 1.165) is 43.9 Å². The summed E-state index contributed by atoms with van der Waals surface area (Å²) in [4.78, 5) is 19.3. The molecule has 1 fully saturated rings. The largest absolute Gasteiger partial charge is 0.336 e. The van der Waals surface area contributed by atoms with Gasteiger partial charge in [0.1, 0.15) is 0 Å². The van der Waals surface area contributed by atoms with Gasteiger partial charge >= 0.3 is 0 Å². The lowest BCUT2D eigenvalue weighted by molar-refractivity contribution is 0.0778. The topological polar surface area (TPSA) is 23.6 Å². The zero-order chi connectivity index (χ0) is 15.8. The summed E-state index contributed by atoms with van der Waals surface area (Å²) in [6, 6.07) is 13.3. The third-order valence-electron chi connectivity index (χ3n) is 5.08. The highest BCUT2D eigenvalue weighted by molar-refractivity contribution is 7.13. The van der Waals surface area contributed by atoms with Crippen LogP contribution in [0.3, 0.4) is 0 Å². The SMILES string of the molecule is Cc1ccc(C(=O)N2CCC(N3CCc4ccccc4C3)C2)s1. The summed E-state index contributed by atoms with van der Waals surface area (Å²) >= 11 is 1.61. The lowest BCUT2D eigenvalue weighted by Crippen LogP contribution is -2.41. The number of aryl methyl sites for hydroxylation is 1. The van der Waals surface area contributed by atoms with Crippen LogP contribution in [0, 0.1) is 6.92 Å². The second-order valence-corrected chi connectivity index (χ2v) is 7.88. The van der Waals surface area contributed by atoms with E-state index in [1.807, 2.05) is 17.0 Å². The van der Waals surface area contributed by atoms with Crippen molar-refractivity contribution in [3.63, 3.8) is 0 Å². The first-order valence-corrected chi connectivity index (χ1v) is 9.19. The highest BCUT2D eigenvalue weighted by Crippen LogP contribution is 2.26. The van der Waals surface area contributed by atoms with Crippen LogP contribution in [0.15, 0.2) is 36.4 Å². The average Bonchev–Trinajstić information content (AvgIpc) is 3.23. The van der Waals surface area contributed by atoms with Gasteiger partial charge in [-0.3, -0.25) is 9.69 Å². The Morgan fingerprint density at radius 1 is 1.13 bits per heavy atom. The molecule has 1 aromatic carbocycles. The van der Waals surface area contributed by atoms with Crippen molar-refractivity contribution in [2.45, 2.75) is 32.4 Å². The molecule has 0 saturated carbocycles. The molecule has 2 aromatic rings. The zero-order valence-electron chi connectivity index (χ0n) is 13.5. The van der Waals surface area contributed by atoms with Gasteiger partial charge in [-0.15, -0.1) is 11.3 Å². The third kappa shape index (κ3) is 2.93. The molecule has 0 radical (unpaired) electrons. The Morgan fingerprint density at radius 3 is 2.74 bits per heavy atom. The minimum absolute atomic E-state index is 0.211. The number of carbonyl (C=O) groups is 1. The lowest BCUT2D eigenvalue weighted by atomic mass is 9.98. The molecule has 4 rings (SSSR count). The third-order valence-corrected chi connectivity index (χ3v) is 6.07. The van der Waals surface area contributed by atoms with Gasteiger partial charge in [-0.05, 0) is 43.0 Å². The number of benzene rings is 1. The minimum atomic E-state index is 0.211. The van der Waals surface area contributed by atoms with Gasteiger partial charge in [-0.1, -0.05) is 24.3 Å². The number of thiophene rings is 1. The monoisotopic (exact) mass is 326 g/mol. The predicted octanol–water partition coefficient (Wildman–Crippen LogP) is 3.33. The molecular weight excluding hydrogens is 304 g/mol. The maximum absolute atomic E-state index is 12.6. The number of nitrogens with zero attached hydrogens (tertiary/aromatic N) is 2. The normalized spacial score (nSPS) is 21.4. The molecule has 1 atom stereocenters. The van der Waals surface area contributed by atoms with Crippen LogP contribution in [0.2, 0.25) is 0 Å². The van der Waals surface area contributed by atoms with Crippen LogP contribution in [0.25, 0.3) is 0 Å². The van der Waals surface area contributed by atoms with Gasteiger partial charge in [0.25, 0.3) is 5.91 Å². The molecule has 120 valence electrons. The molecule has 1 aromatic heterocycles. The quantitative estimate of drug-likeness (QED) is 0.845. The highest BCUT2D eigenvalue weighted by Gasteiger charge is 2.32. The van der Waals surface area contributed by atoms with E-state index in [4.69, 9.17) is 0 Å². The standard InChI is InChI=1S/C19H22N2OS/c1-14-6-7-18(23-14)19(22)21-11-9-17(13-21)20-10-8-15-4-2-3-5-16(15)12-20/h2-7,17H,8-13H2,1H3. The average molecular weight is 326 g/mol. The fraction of sp³-hybridized carbons (Fsp3) is 0.421. The van der Waals surface area contributed by atoms with Gasteiger partial charge in [0.2, 0.25) is 0 Å². The maximum atomic E-state index is 12.6. The second-order valence-electron chi connectivity index (χ2n) is 6.59. The summed E-state index contributed by atoms with van der Waals surface area (Å²) in [5.74, 6) is 0.211. The van der Waals surface area contributed by atoms with E-state index >= 15 is 0 Å². The fourth-order valence-electron chi connectivity index (χ4n) is 3.76. The maximum Gasteiger partial charge on any atom is 0.263 e. The number of hydrogen-bond acceptors (Lipinski definition) is 3. The highest BCUT2D eigenvalue weighted by atomic mass is 32.1.